The zero-order valence-electron chi connectivity index (χ0n) is 12.0. The molecule has 0 amide bonds. The first-order chi connectivity index (χ1) is 10.1. The minimum atomic E-state index is -0.641. The largest absolute Gasteiger partial charge is 0.464 e. The maximum atomic E-state index is 12.2. The zero-order chi connectivity index (χ0) is 15.2. The lowest BCUT2D eigenvalue weighted by molar-refractivity contribution is -0.144. The fraction of sp³-hybridized carbons (Fsp3) is 0.250. The number of rotatable bonds is 5. The van der Waals surface area contributed by atoms with Crippen molar-refractivity contribution < 1.29 is 9.53 Å². The van der Waals surface area contributed by atoms with Crippen molar-refractivity contribution in [1.82, 2.24) is 4.98 Å². The second kappa shape index (κ2) is 7.09. The molecule has 1 atom stereocenters. The Balaban J connectivity index is 2.30. The Morgan fingerprint density at radius 3 is 2.71 bits per heavy atom. The average Bonchev–Trinajstić information content (AvgIpc) is 2.48. The molecular weight excluding hydrogens is 288 g/mol. The standard InChI is InChI=1S/C16H17ClN2O2/c1-3-21-16(20)15(12-9-8-11(2)18-10-12)19-14-7-5-4-6-13(14)17/h4-10,15,19H,3H2,1-2H3. The second-order valence-electron chi connectivity index (χ2n) is 4.54. The zero-order valence-corrected chi connectivity index (χ0v) is 12.7. The number of hydrogen-bond acceptors (Lipinski definition) is 4. The highest BCUT2D eigenvalue weighted by Gasteiger charge is 2.22. The molecule has 2 rings (SSSR count). The number of aromatic nitrogens is 1. The van der Waals surface area contributed by atoms with Crippen LogP contribution in [0.15, 0.2) is 42.6 Å². The number of nitrogens with zero attached hydrogens (tertiary/aromatic N) is 1. The quantitative estimate of drug-likeness (QED) is 0.855. The molecule has 1 N–H and O–H groups in total. The summed E-state index contributed by atoms with van der Waals surface area (Å²) in [4.78, 5) is 16.4. The molecule has 0 aliphatic rings. The molecule has 4 nitrogen and oxygen atoms in total. The van der Waals surface area contributed by atoms with E-state index in [1.54, 1.807) is 19.2 Å². The Kier molecular flexibility index (Phi) is 5.17. The van der Waals surface area contributed by atoms with Crippen LogP contribution in [-0.2, 0) is 9.53 Å². The number of carbonyl (C=O) groups excluding carboxylic acids is 1. The molecule has 1 aromatic carbocycles. The van der Waals surface area contributed by atoms with Crippen LogP contribution in [0.2, 0.25) is 5.02 Å². The van der Waals surface area contributed by atoms with Crippen molar-refractivity contribution in [2.24, 2.45) is 0 Å². The van der Waals surface area contributed by atoms with E-state index < -0.39 is 6.04 Å². The first-order valence-electron chi connectivity index (χ1n) is 6.72. The number of pyridine rings is 1. The summed E-state index contributed by atoms with van der Waals surface area (Å²) < 4.78 is 5.13. The van der Waals surface area contributed by atoms with Gasteiger partial charge in [0.2, 0.25) is 0 Å². The van der Waals surface area contributed by atoms with E-state index in [-0.39, 0.29) is 5.97 Å². The van der Waals surface area contributed by atoms with Crippen LogP contribution in [0.5, 0.6) is 0 Å². The van der Waals surface area contributed by atoms with Crippen molar-refractivity contribution in [1.29, 1.82) is 0 Å². The third-order valence-corrected chi connectivity index (χ3v) is 3.29. The highest BCUT2D eigenvalue weighted by Crippen LogP contribution is 2.26. The van der Waals surface area contributed by atoms with Gasteiger partial charge >= 0.3 is 5.97 Å². The summed E-state index contributed by atoms with van der Waals surface area (Å²) in [5, 5.41) is 3.67. The molecular formula is C16H17ClN2O2. The molecule has 5 heteroatoms. The van der Waals surface area contributed by atoms with Gasteiger partial charge in [-0.1, -0.05) is 29.8 Å². The Hall–Kier alpha value is -2.07. The van der Waals surface area contributed by atoms with Crippen molar-refractivity contribution in [3.05, 3.63) is 58.9 Å². The van der Waals surface area contributed by atoms with Gasteiger partial charge < -0.3 is 10.1 Å². The number of nitrogens with one attached hydrogen (secondary N) is 1. The Labute approximate surface area is 129 Å². The number of ether oxygens (including phenoxy) is 1. The average molecular weight is 305 g/mol. The number of para-hydroxylation sites is 1. The molecule has 0 saturated carbocycles. The van der Waals surface area contributed by atoms with E-state index in [1.165, 1.54) is 0 Å². The number of benzene rings is 1. The summed E-state index contributed by atoms with van der Waals surface area (Å²) in [6.45, 7) is 3.99. The Morgan fingerprint density at radius 2 is 2.10 bits per heavy atom. The van der Waals surface area contributed by atoms with Gasteiger partial charge in [-0.25, -0.2) is 4.79 Å². The van der Waals surface area contributed by atoms with Crippen LogP contribution in [0.25, 0.3) is 0 Å². The number of anilines is 1. The molecule has 0 fully saturated rings. The van der Waals surface area contributed by atoms with Crippen molar-refractivity contribution in [3.8, 4) is 0 Å². The summed E-state index contributed by atoms with van der Waals surface area (Å²) in [5.74, 6) is -0.358. The van der Waals surface area contributed by atoms with E-state index >= 15 is 0 Å². The van der Waals surface area contributed by atoms with Crippen LogP contribution in [0.4, 0.5) is 5.69 Å². The molecule has 1 heterocycles. The summed E-state index contributed by atoms with van der Waals surface area (Å²) in [6.07, 6.45) is 1.67. The number of esters is 1. The van der Waals surface area contributed by atoms with E-state index in [2.05, 4.69) is 10.3 Å². The van der Waals surface area contributed by atoms with Crippen LogP contribution in [0.3, 0.4) is 0 Å². The van der Waals surface area contributed by atoms with Crippen molar-refractivity contribution >= 4 is 23.3 Å². The van der Waals surface area contributed by atoms with Gasteiger partial charge in [-0.15, -0.1) is 0 Å². The highest BCUT2D eigenvalue weighted by atomic mass is 35.5. The molecule has 110 valence electrons. The van der Waals surface area contributed by atoms with E-state index in [0.717, 1.165) is 11.3 Å². The summed E-state index contributed by atoms with van der Waals surface area (Å²) in [6, 6.07) is 10.3. The molecule has 1 aromatic heterocycles. The topological polar surface area (TPSA) is 51.2 Å². The van der Waals surface area contributed by atoms with Crippen LogP contribution < -0.4 is 5.32 Å². The first-order valence-corrected chi connectivity index (χ1v) is 7.10. The maximum absolute atomic E-state index is 12.2. The number of aryl methyl sites for hydroxylation is 1. The van der Waals surface area contributed by atoms with Gasteiger partial charge in [0.25, 0.3) is 0 Å². The third-order valence-electron chi connectivity index (χ3n) is 2.96. The first kappa shape index (κ1) is 15.3. The van der Waals surface area contributed by atoms with Crippen LogP contribution in [0, 0.1) is 6.92 Å². The fourth-order valence-corrected chi connectivity index (χ4v) is 2.08. The predicted molar refractivity (Wildman–Crippen MR) is 83.4 cm³/mol. The summed E-state index contributed by atoms with van der Waals surface area (Å²) in [5.41, 5.74) is 2.30. The lowest BCUT2D eigenvalue weighted by atomic mass is 10.1. The van der Waals surface area contributed by atoms with Gasteiger partial charge in [-0.3, -0.25) is 4.98 Å². The van der Waals surface area contributed by atoms with Gasteiger partial charge in [0, 0.05) is 17.5 Å². The molecule has 21 heavy (non-hydrogen) atoms. The molecule has 0 saturated heterocycles. The smallest absolute Gasteiger partial charge is 0.333 e. The summed E-state index contributed by atoms with van der Waals surface area (Å²) >= 11 is 6.13. The molecule has 0 aliphatic carbocycles. The number of carbonyl (C=O) groups is 1. The Bertz CT molecular complexity index is 614. The van der Waals surface area contributed by atoms with E-state index in [0.29, 0.717) is 17.3 Å². The van der Waals surface area contributed by atoms with Gasteiger partial charge in [-0.2, -0.15) is 0 Å². The normalized spacial score (nSPS) is 11.8. The second-order valence-corrected chi connectivity index (χ2v) is 4.95. The monoisotopic (exact) mass is 304 g/mol. The lowest BCUT2D eigenvalue weighted by Crippen LogP contribution is -2.23. The third kappa shape index (κ3) is 3.95. The Morgan fingerprint density at radius 1 is 1.33 bits per heavy atom. The maximum Gasteiger partial charge on any atom is 0.333 e. The van der Waals surface area contributed by atoms with Gasteiger partial charge in [0.05, 0.1) is 17.3 Å². The molecule has 0 aliphatic heterocycles. The van der Waals surface area contributed by atoms with E-state index in [9.17, 15) is 4.79 Å². The molecule has 2 aromatic rings. The minimum Gasteiger partial charge on any atom is -0.464 e. The molecule has 0 radical (unpaired) electrons. The van der Waals surface area contributed by atoms with Gasteiger partial charge in [-0.05, 0) is 32.0 Å². The fourth-order valence-electron chi connectivity index (χ4n) is 1.89. The predicted octanol–water partition coefficient (Wildman–Crippen LogP) is 3.76. The lowest BCUT2D eigenvalue weighted by Gasteiger charge is -2.19. The van der Waals surface area contributed by atoms with Crippen molar-refractivity contribution in [2.75, 3.05) is 11.9 Å². The van der Waals surface area contributed by atoms with Crippen LogP contribution in [-0.4, -0.2) is 17.6 Å². The highest BCUT2D eigenvalue weighted by molar-refractivity contribution is 6.33. The number of halogens is 1. The number of hydrogen-bond donors (Lipinski definition) is 1. The molecule has 0 bridgehead atoms. The van der Waals surface area contributed by atoms with E-state index in [1.807, 2.05) is 37.3 Å². The SMILES string of the molecule is CCOC(=O)C(Nc1ccccc1Cl)c1ccc(C)nc1. The minimum absolute atomic E-state index is 0.318. The van der Waals surface area contributed by atoms with Crippen LogP contribution >= 0.6 is 11.6 Å². The van der Waals surface area contributed by atoms with E-state index in [4.69, 9.17) is 16.3 Å². The van der Waals surface area contributed by atoms with Crippen molar-refractivity contribution in [2.45, 2.75) is 19.9 Å². The molecule has 1 unspecified atom stereocenters. The summed E-state index contributed by atoms with van der Waals surface area (Å²) in [7, 11) is 0. The van der Waals surface area contributed by atoms with Gasteiger partial charge in [0.15, 0.2) is 6.04 Å². The van der Waals surface area contributed by atoms with Gasteiger partial charge in [0.1, 0.15) is 0 Å². The van der Waals surface area contributed by atoms with Crippen molar-refractivity contribution in [3.63, 3.8) is 0 Å². The van der Waals surface area contributed by atoms with Crippen LogP contribution in [0.1, 0.15) is 24.2 Å². The molecule has 0 spiro atoms.